The van der Waals surface area contributed by atoms with Crippen LogP contribution >= 0.6 is 11.8 Å². The Morgan fingerprint density at radius 1 is 1.33 bits per heavy atom. The zero-order valence-electron chi connectivity index (χ0n) is 14.7. The average Bonchev–Trinajstić information content (AvgIpc) is 3.04. The number of esters is 1. The Balaban J connectivity index is 1.74. The summed E-state index contributed by atoms with van der Waals surface area (Å²) < 4.78 is 5.02. The van der Waals surface area contributed by atoms with Crippen LogP contribution in [-0.4, -0.2) is 49.7 Å². The highest BCUT2D eigenvalue weighted by Crippen LogP contribution is 2.36. The molecule has 5 nitrogen and oxygen atoms in total. The lowest BCUT2D eigenvalue weighted by molar-refractivity contribution is 0.0600. The Kier molecular flexibility index (Phi) is 6.97. The number of benzene rings is 1. The van der Waals surface area contributed by atoms with Gasteiger partial charge in [-0.25, -0.2) is 4.79 Å². The lowest BCUT2D eigenvalue weighted by Crippen LogP contribution is -2.44. The Bertz CT molecular complexity index is 566. The predicted octanol–water partition coefficient (Wildman–Crippen LogP) is 2.47. The molecule has 1 aromatic carbocycles. The van der Waals surface area contributed by atoms with E-state index in [-0.39, 0.29) is 5.97 Å². The molecular formula is C18H27N3O2S. The molecule has 0 amide bonds. The fourth-order valence-electron chi connectivity index (χ4n) is 2.72. The van der Waals surface area contributed by atoms with Crippen LogP contribution in [0.4, 0.5) is 0 Å². The van der Waals surface area contributed by atoms with Crippen LogP contribution in [0.15, 0.2) is 29.3 Å². The third kappa shape index (κ3) is 5.44. The van der Waals surface area contributed by atoms with Crippen molar-refractivity contribution in [2.45, 2.75) is 30.9 Å². The molecular weight excluding hydrogens is 322 g/mol. The van der Waals surface area contributed by atoms with Crippen LogP contribution < -0.4 is 10.6 Å². The van der Waals surface area contributed by atoms with E-state index in [1.54, 1.807) is 19.2 Å². The minimum Gasteiger partial charge on any atom is -0.465 e. The first-order chi connectivity index (χ1) is 11.6. The van der Waals surface area contributed by atoms with Crippen molar-refractivity contribution in [1.82, 2.24) is 10.6 Å². The second kappa shape index (κ2) is 8.97. The number of hydrogen-bond donors (Lipinski definition) is 2. The lowest BCUT2D eigenvalue weighted by Gasteiger charge is -2.24. The maximum atomic E-state index is 11.4. The van der Waals surface area contributed by atoms with Gasteiger partial charge in [-0.05, 0) is 49.6 Å². The Morgan fingerprint density at radius 3 is 2.67 bits per heavy atom. The van der Waals surface area contributed by atoms with Gasteiger partial charge in [0.15, 0.2) is 5.96 Å². The second-order valence-electron chi connectivity index (χ2n) is 6.19. The summed E-state index contributed by atoms with van der Waals surface area (Å²) in [6, 6.07) is 7.51. The molecule has 2 rings (SSSR count). The van der Waals surface area contributed by atoms with Gasteiger partial charge >= 0.3 is 5.97 Å². The topological polar surface area (TPSA) is 62.7 Å². The molecule has 132 valence electrons. The van der Waals surface area contributed by atoms with E-state index in [9.17, 15) is 4.79 Å². The average molecular weight is 350 g/mol. The maximum absolute atomic E-state index is 11.4. The van der Waals surface area contributed by atoms with Gasteiger partial charge in [0.05, 0.1) is 12.7 Å². The van der Waals surface area contributed by atoms with E-state index < -0.39 is 0 Å². The minimum atomic E-state index is -0.303. The number of aliphatic imine (C=N–C) groups is 1. The van der Waals surface area contributed by atoms with Crippen LogP contribution in [0.1, 0.15) is 35.7 Å². The number of guanidine groups is 1. The van der Waals surface area contributed by atoms with Crippen LogP contribution in [0.5, 0.6) is 0 Å². The first kappa shape index (κ1) is 18.6. The van der Waals surface area contributed by atoms with Gasteiger partial charge in [-0.15, -0.1) is 0 Å². The quantitative estimate of drug-likeness (QED) is 0.469. The highest BCUT2D eigenvalue weighted by Gasteiger charge is 2.29. The summed E-state index contributed by atoms with van der Waals surface area (Å²) in [6.45, 7) is 4.04. The van der Waals surface area contributed by atoms with E-state index in [0.717, 1.165) is 25.5 Å². The SMILES string of the molecule is CN=C(NCCc1ccc(C(=O)OC)cc1)NCC1(C)CCCS1. The van der Waals surface area contributed by atoms with E-state index in [1.165, 1.54) is 31.3 Å². The molecule has 1 aliphatic heterocycles. The smallest absolute Gasteiger partial charge is 0.337 e. The number of rotatable bonds is 6. The number of nitrogens with zero attached hydrogens (tertiary/aromatic N) is 1. The molecule has 1 heterocycles. The highest BCUT2D eigenvalue weighted by molar-refractivity contribution is 8.00. The number of nitrogens with one attached hydrogen (secondary N) is 2. The minimum absolute atomic E-state index is 0.303. The molecule has 1 unspecified atom stereocenters. The van der Waals surface area contributed by atoms with Crippen LogP contribution in [-0.2, 0) is 11.2 Å². The molecule has 0 radical (unpaired) electrons. The van der Waals surface area contributed by atoms with Crippen LogP contribution in [0.2, 0.25) is 0 Å². The molecule has 1 fully saturated rings. The summed E-state index contributed by atoms with van der Waals surface area (Å²) in [7, 11) is 3.19. The molecule has 0 aromatic heterocycles. The van der Waals surface area contributed by atoms with Crippen molar-refractivity contribution in [2.75, 3.05) is 33.0 Å². The third-order valence-electron chi connectivity index (χ3n) is 4.24. The van der Waals surface area contributed by atoms with Crippen molar-refractivity contribution >= 4 is 23.7 Å². The zero-order chi connectivity index (χ0) is 17.4. The second-order valence-corrected chi connectivity index (χ2v) is 7.88. The molecule has 1 aromatic rings. The van der Waals surface area contributed by atoms with Gasteiger partial charge in [-0.2, -0.15) is 11.8 Å². The van der Waals surface area contributed by atoms with E-state index in [2.05, 4.69) is 22.5 Å². The fraction of sp³-hybridized carbons (Fsp3) is 0.556. The molecule has 0 aliphatic carbocycles. The lowest BCUT2D eigenvalue weighted by atomic mass is 10.1. The molecule has 0 saturated carbocycles. The van der Waals surface area contributed by atoms with E-state index in [0.29, 0.717) is 10.3 Å². The molecule has 6 heteroatoms. The van der Waals surface area contributed by atoms with Crippen LogP contribution in [0, 0.1) is 0 Å². The van der Waals surface area contributed by atoms with Crippen molar-refractivity contribution in [1.29, 1.82) is 0 Å². The fourth-order valence-corrected chi connectivity index (χ4v) is 3.96. The summed E-state index contributed by atoms with van der Waals surface area (Å²) in [5.41, 5.74) is 1.75. The summed E-state index contributed by atoms with van der Waals surface area (Å²) in [5, 5.41) is 6.77. The van der Waals surface area contributed by atoms with E-state index in [1.807, 2.05) is 23.9 Å². The Labute approximate surface area is 148 Å². The number of ether oxygens (including phenoxy) is 1. The molecule has 0 bridgehead atoms. The summed E-state index contributed by atoms with van der Waals surface area (Å²) in [4.78, 5) is 15.7. The normalized spacial score (nSPS) is 20.7. The van der Waals surface area contributed by atoms with Crippen molar-refractivity contribution in [3.05, 3.63) is 35.4 Å². The molecule has 1 saturated heterocycles. The zero-order valence-corrected chi connectivity index (χ0v) is 15.5. The number of carbonyl (C=O) groups excluding carboxylic acids is 1. The van der Waals surface area contributed by atoms with Crippen molar-refractivity contribution in [3.63, 3.8) is 0 Å². The summed E-state index contributed by atoms with van der Waals surface area (Å²) >= 11 is 2.04. The van der Waals surface area contributed by atoms with Crippen LogP contribution in [0.3, 0.4) is 0 Å². The monoisotopic (exact) mass is 349 g/mol. The van der Waals surface area contributed by atoms with Gasteiger partial charge in [-0.1, -0.05) is 12.1 Å². The van der Waals surface area contributed by atoms with Crippen molar-refractivity contribution in [3.8, 4) is 0 Å². The Hall–Kier alpha value is -1.69. The van der Waals surface area contributed by atoms with Gasteiger partial charge < -0.3 is 15.4 Å². The molecule has 1 aliphatic rings. The third-order valence-corrected chi connectivity index (χ3v) is 5.77. The first-order valence-corrected chi connectivity index (χ1v) is 9.30. The number of carbonyl (C=O) groups is 1. The number of hydrogen-bond acceptors (Lipinski definition) is 4. The number of thioether (sulfide) groups is 1. The van der Waals surface area contributed by atoms with Crippen molar-refractivity contribution < 1.29 is 9.53 Å². The summed E-state index contributed by atoms with van der Waals surface area (Å²) in [6.07, 6.45) is 3.43. The summed E-state index contributed by atoms with van der Waals surface area (Å²) in [5.74, 6) is 1.80. The first-order valence-electron chi connectivity index (χ1n) is 8.32. The predicted molar refractivity (Wildman–Crippen MR) is 101 cm³/mol. The van der Waals surface area contributed by atoms with Gasteiger partial charge in [0.25, 0.3) is 0 Å². The molecule has 2 N–H and O–H groups in total. The van der Waals surface area contributed by atoms with Gasteiger partial charge in [0.1, 0.15) is 0 Å². The van der Waals surface area contributed by atoms with E-state index >= 15 is 0 Å². The largest absolute Gasteiger partial charge is 0.465 e. The van der Waals surface area contributed by atoms with Crippen LogP contribution in [0.25, 0.3) is 0 Å². The van der Waals surface area contributed by atoms with E-state index in [4.69, 9.17) is 4.74 Å². The van der Waals surface area contributed by atoms with Crippen molar-refractivity contribution in [2.24, 2.45) is 4.99 Å². The molecule has 1 atom stereocenters. The van der Waals surface area contributed by atoms with Gasteiger partial charge in [0, 0.05) is 24.9 Å². The Morgan fingerprint density at radius 2 is 2.08 bits per heavy atom. The van der Waals surface area contributed by atoms with Gasteiger partial charge in [0.2, 0.25) is 0 Å². The van der Waals surface area contributed by atoms with Gasteiger partial charge in [-0.3, -0.25) is 4.99 Å². The maximum Gasteiger partial charge on any atom is 0.337 e. The molecule has 0 spiro atoms. The standard InChI is InChI=1S/C18H27N3O2S/c1-18(10-4-12-24-18)13-21-17(19-2)20-11-9-14-5-7-15(8-6-14)16(22)23-3/h5-8H,4,9-13H2,1-3H3,(H2,19,20,21). The highest BCUT2D eigenvalue weighted by atomic mass is 32.2. The number of methoxy groups -OCH3 is 1. The molecule has 24 heavy (non-hydrogen) atoms.